The summed E-state index contributed by atoms with van der Waals surface area (Å²) in [7, 11) is 0. The second-order valence-corrected chi connectivity index (χ2v) is 4.99. The number of fused-ring (bicyclic) bond motifs is 1. The number of benzene rings is 2. The van der Waals surface area contributed by atoms with E-state index in [1.54, 1.807) is 29.7 Å². The number of nitrogen functional groups attached to an aromatic ring is 1. The fourth-order valence-electron chi connectivity index (χ4n) is 2.38. The minimum atomic E-state index is -0.895. The summed E-state index contributed by atoms with van der Waals surface area (Å²) in [4.78, 5) is 4.24. The maximum absolute atomic E-state index is 13.4. The molecule has 0 atom stereocenters. The minimum absolute atomic E-state index is 0.370. The van der Waals surface area contributed by atoms with Gasteiger partial charge in [0.15, 0.2) is 11.6 Å². The number of nitrogens with zero attached hydrogens (tertiary/aromatic N) is 2. The Morgan fingerprint density at radius 3 is 2.73 bits per heavy atom. The molecule has 3 rings (SSSR count). The van der Waals surface area contributed by atoms with Crippen LogP contribution in [0.5, 0.6) is 5.75 Å². The van der Waals surface area contributed by atoms with E-state index in [-0.39, 0.29) is 0 Å². The van der Waals surface area contributed by atoms with E-state index < -0.39 is 11.6 Å². The van der Waals surface area contributed by atoms with Gasteiger partial charge in [-0.15, -0.1) is 0 Å². The fourth-order valence-corrected chi connectivity index (χ4v) is 2.38. The Kier molecular flexibility index (Phi) is 3.66. The van der Waals surface area contributed by atoms with E-state index in [0.29, 0.717) is 41.4 Å². The minimum Gasteiger partial charge on any atom is -0.492 e. The van der Waals surface area contributed by atoms with Crippen LogP contribution < -0.4 is 10.5 Å². The van der Waals surface area contributed by atoms with Crippen LogP contribution in [0.25, 0.3) is 11.0 Å². The topological polar surface area (TPSA) is 53.1 Å². The lowest BCUT2D eigenvalue weighted by Crippen LogP contribution is -2.09. The van der Waals surface area contributed by atoms with Crippen LogP contribution in [0.2, 0.25) is 0 Å². The first-order chi connectivity index (χ1) is 10.5. The Labute approximate surface area is 126 Å². The molecule has 2 N–H and O–H groups in total. The molecule has 0 saturated carbocycles. The highest BCUT2D eigenvalue weighted by Gasteiger charge is 2.12. The summed E-state index contributed by atoms with van der Waals surface area (Å²) in [5.74, 6) is -0.436. The van der Waals surface area contributed by atoms with Gasteiger partial charge in [-0.25, -0.2) is 13.8 Å². The Morgan fingerprint density at radius 2 is 1.95 bits per heavy atom. The normalized spacial score (nSPS) is 11.0. The van der Waals surface area contributed by atoms with Gasteiger partial charge in [0, 0.05) is 23.9 Å². The van der Waals surface area contributed by atoms with Gasteiger partial charge in [-0.1, -0.05) is 6.07 Å². The number of aromatic nitrogens is 2. The Hall–Kier alpha value is -2.63. The van der Waals surface area contributed by atoms with Crippen molar-refractivity contribution in [1.29, 1.82) is 0 Å². The second-order valence-electron chi connectivity index (χ2n) is 4.99. The molecule has 0 radical (unpaired) electrons. The van der Waals surface area contributed by atoms with Crippen molar-refractivity contribution in [3.63, 3.8) is 0 Å². The van der Waals surface area contributed by atoms with E-state index in [1.807, 2.05) is 6.07 Å². The number of hydrogen-bond acceptors (Lipinski definition) is 3. The third kappa shape index (κ3) is 2.72. The molecular weight excluding hydrogens is 288 g/mol. The molecular formula is C16H15F2N3O. The summed E-state index contributed by atoms with van der Waals surface area (Å²) in [5.41, 5.74) is 7.29. The number of ether oxygens (including phenoxy) is 1. The average Bonchev–Trinajstić information content (AvgIpc) is 2.75. The number of imidazole rings is 1. The maximum Gasteiger partial charge on any atom is 0.161 e. The number of aryl methyl sites for hydroxylation is 1. The van der Waals surface area contributed by atoms with Crippen molar-refractivity contribution >= 4 is 16.7 Å². The summed E-state index contributed by atoms with van der Waals surface area (Å²) in [6.07, 6.45) is 0. The third-order valence-electron chi connectivity index (χ3n) is 3.42. The number of hydrogen-bond donors (Lipinski definition) is 1. The van der Waals surface area contributed by atoms with Gasteiger partial charge in [-0.05, 0) is 19.1 Å². The SMILES string of the molecule is Cc1nc2cc(F)c(F)cc2n1CCOc1cccc(N)c1. The smallest absolute Gasteiger partial charge is 0.161 e. The zero-order valence-electron chi connectivity index (χ0n) is 12.0. The van der Waals surface area contributed by atoms with Gasteiger partial charge in [0.2, 0.25) is 0 Å². The fraction of sp³-hybridized carbons (Fsp3) is 0.188. The molecule has 0 aliphatic rings. The lowest BCUT2D eigenvalue weighted by Gasteiger charge is -2.09. The van der Waals surface area contributed by atoms with Gasteiger partial charge in [-0.3, -0.25) is 0 Å². The Balaban J connectivity index is 1.79. The zero-order chi connectivity index (χ0) is 15.7. The standard InChI is InChI=1S/C16H15F2N3O/c1-10-20-15-8-13(17)14(18)9-16(15)21(10)5-6-22-12-4-2-3-11(19)7-12/h2-4,7-9H,5-6,19H2,1H3. The molecule has 0 aliphatic carbocycles. The van der Waals surface area contributed by atoms with E-state index in [4.69, 9.17) is 10.5 Å². The molecule has 0 bridgehead atoms. The highest BCUT2D eigenvalue weighted by molar-refractivity contribution is 5.76. The van der Waals surface area contributed by atoms with Crippen molar-refractivity contribution in [2.45, 2.75) is 13.5 Å². The number of anilines is 1. The van der Waals surface area contributed by atoms with Crippen LogP contribution in [-0.4, -0.2) is 16.2 Å². The molecule has 0 unspecified atom stereocenters. The molecule has 0 fully saturated rings. The van der Waals surface area contributed by atoms with Crippen LogP contribution in [0.1, 0.15) is 5.82 Å². The van der Waals surface area contributed by atoms with Crippen LogP contribution in [0.3, 0.4) is 0 Å². The van der Waals surface area contributed by atoms with Crippen LogP contribution >= 0.6 is 0 Å². The molecule has 1 aromatic heterocycles. The van der Waals surface area contributed by atoms with Crippen LogP contribution in [0, 0.1) is 18.6 Å². The van der Waals surface area contributed by atoms with E-state index in [1.165, 1.54) is 0 Å². The van der Waals surface area contributed by atoms with Crippen molar-refractivity contribution < 1.29 is 13.5 Å². The molecule has 22 heavy (non-hydrogen) atoms. The lowest BCUT2D eigenvalue weighted by atomic mass is 10.3. The Bertz CT molecular complexity index is 830. The molecule has 0 aliphatic heterocycles. The summed E-state index contributed by atoms with van der Waals surface area (Å²) in [6, 6.07) is 9.38. The largest absolute Gasteiger partial charge is 0.492 e. The summed E-state index contributed by atoms with van der Waals surface area (Å²) in [6.45, 7) is 2.63. The molecule has 3 aromatic rings. The van der Waals surface area contributed by atoms with Crippen molar-refractivity contribution in [3.05, 3.63) is 53.9 Å². The third-order valence-corrected chi connectivity index (χ3v) is 3.42. The van der Waals surface area contributed by atoms with Gasteiger partial charge in [0.1, 0.15) is 18.2 Å². The first-order valence-electron chi connectivity index (χ1n) is 6.85. The van der Waals surface area contributed by atoms with E-state index in [0.717, 1.165) is 12.1 Å². The predicted octanol–water partition coefficient (Wildman–Crippen LogP) is 3.28. The average molecular weight is 303 g/mol. The van der Waals surface area contributed by atoms with Gasteiger partial charge < -0.3 is 15.0 Å². The molecule has 0 spiro atoms. The predicted molar refractivity (Wildman–Crippen MR) is 80.7 cm³/mol. The maximum atomic E-state index is 13.4. The van der Waals surface area contributed by atoms with Gasteiger partial charge in [-0.2, -0.15) is 0 Å². The van der Waals surface area contributed by atoms with E-state index in [9.17, 15) is 8.78 Å². The van der Waals surface area contributed by atoms with Crippen LogP contribution in [0.4, 0.5) is 14.5 Å². The molecule has 0 saturated heterocycles. The van der Waals surface area contributed by atoms with E-state index >= 15 is 0 Å². The quantitative estimate of drug-likeness (QED) is 0.753. The second kappa shape index (κ2) is 5.63. The summed E-state index contributed by atoms with van der Waals surface area (Å²) >= 11 is 0. The van der Waals surface area contributed by atoms with Crippen molar-refractivity contribution in [2.75, 3.05) is 12.3 Å². The highest BCUT2D eigenvalue weighted by atomic mass is 19.2. The van der Waals surface area contributed by atoms with Crippen LogP contribution in [0.15, 0.2) is 36.4 Å². The van der Waals surface area contributed by atoms with Crippen molar-refractivity contribution in [2.24, 2.45) is 0 Å². The molecule has 1 heterocycles. The van der Waals surface area contributed by atoms with Gasteiger partial charge in [0.25, 0.3) is 0 Å². The lowest BCUT2D eigenvalue weighted by molar-refractivity contribution is 0.299. The number of halogens is 2. The molecule has 0 amide bonds. The monoisotopic (exact) mass is 303 g/mol. The summed E-state index contributed by atoms with van der Waals surface area (Å²) in [5, 5.41) is 0. The number of rotatable bonds is 4. The highest BCUT2D eigenvalue weighted by Crippen LogP contribution is 2.20. The van der Waals surface area contributed by atoms with Gasteiger partial charge in [0.05, 0.1) is 17.6 Å². The molecule has 2 aromatic carbocycles. The van der Waals surface area contributed by atoms with E-state index in [2.05, 4.69) is 4.98 Å². The van der Waals surface area contributed by atoms with Crippen molar-refractivity contribution in [1.82, 2.24) is 9.55 Å². The first kappa shape index (κ1) is 14.3. The molecule has 4 nitrogen and oxygen atoms in total. The first-order valence-corrected chi connectivity index (χ1v) is 6.85. The Morgan fingerprint density at radius 1 is 1.18 bits per heavy atom. The van der Waals surface area contributed by atoms with Gasteiger partial charge >= 0.3 is 0 Å². The zero-order valence-corrected chi connectivity index (χ0v) is 12.0. The number of nitrogens with two attached hydrogens (primary N) is 1. The summed E-state index contributed by atoms with van der Waals surface area (Å²) < 4.78 is 34.1. The molecule has 6 heteroatoms. The van der Waals surface area contributed by atoms with Crippen molar-refractivity contribution in [3.8, 4) is 5.75 Å². The van der Waals surface area contributed by atoms with Crippen LogP contribution in [-0.2, 0) is 6.54 Å². The molecule has 114 valence electrons.